The van der Waals surface area contributed by atoms with Crippen molar-refractivity contribution in [1.29, 1.82) is 0 Å². The summed E-state index contributed by atoms with van der Waals surface area (Å²) in [6.45, 7) is 0. The zero-order chi connectivity index (χ0) is 34.2. The fraction of sp³-hybridized carbons (Fsp3) is 0. The molecule has 11 aromatic rings. The monoisotopic (exact) mass is 656 g/mol. The van der Waals surface area contributed by atoms with Gasteiger partial charge in [-0.2, -0.15) is 0 Å². The van der Waals surface area contributed by atoms with Gasteiger partial charge >= 0.3 is 0 Å². The van der Waals surface area contributed by atoms with Gasteiger partial charge in [0.25, 0.3) is 0 Å². The van der Waals surface area contributed by atoms with E-state index in [1.165, 1.54) is 109 Å². The van der Waals surface area contributed by atoms with Gasteiger partial charge in [0.05, 0.1) is 0 Å². The third-order valence-electron chi connectivity index (χ3n) is 11.2. The standard InChI is InChI=1S/C52H32/c1-2-13-35-30-40(24-23-33(35)11-1)51-46-18-7-8-19-47(46)52(45-22-9-16-34-12-5-6-17-41(34)45)48-28-26-39(32-50(48)51)42-20-10-21-43-44(42)27-25-38-29-36-14-3-4-15-37(36)31-49(38)43/h1-32H. The summed E-state index contributed by atoms with van der Waals surface area (Å²) in [4.78, 5) is 0. The molecule has 0 atom stereocenters. The molecule has 0 saturated heterocycles. The second-order valence-electron chi connectivity index (χ2n) is 14.0. The smallest absolute Gasteiger partial charge is 0.00201 e. The summed E-state index contributed by atoms with van der Waals surface area (Å²) in [5.41, 5.74) is 7.53. The molecule has 0 amide bonds. The highest BCUT2D eigenvalue weighted by atomic mass is 14.2. The molecular weight excluding hydrogens is 625 g/mol. The lowest BCUT2D eigenvalue weighted by atomic mass is 9.83. The van der Waals surface area contributed by atoms with Crippen LogP contribution in [-0.2, 0) is 0 Å². The largest absolute Gasteiger partial charge is 0.0616 e. The van der Waals surface area contributed by atoms with Crippen molar-refractivity contribution in [2.75, 3.05) is 0 Å². The molecule has 0 N–H and O–H groups in total. The van der Waals surface area contributed by atoms with Crippen LogP contribution in [0.5, 0.6) is 0 Å². The molecule has 11 rings (SSSR count). The first-order valence-electron chi connectivity index (χ1n) is 18.1. The molecule has 0 aliphatic carbocycles. The quantitative estimate of drug-likeness (QED) is 0.131. The van der Waals surface area contributed by atoms with E-state index >= 15 is 0 Å². The van der Waals surface area contributed by atoms with Gasteiger partial charge in [-0.1, -0.05) is 170 Å². The molecule has 0 aliphatic heterocycles. The first-order valence-corrected chi connectivity index (χ1v) is 18.1. The predicted molar refractivity (Wildman–Crippen MR) is 225 cm³/mol. The Morgan fingerprint density at radius 1 is 0.192 bits per heavy atom. The summed E-state index contributed by atoms with van der Waals surface area (Å²) in [6, 6.07) is 72.1. The van der Waals surface area contributed by atoms with E-state index in [-0.39, 0.29) is 0 Å². The molecule has 11 aromatic carbocycles. The van der Waals surface area contributed by atoms with Gasteiger partial charge in [0, 0.05) is 0 Å². The first-order chi connectivity index (χ1) is 25.8. The Labute approximate surface area is 301 Å². The normalized spacial score (nSPS) is 11.8. The molecule has 0 aromatic heterocycles. The topological polar surface area (TPSA) is 0 Å². The molecule has 52 heavy (non-hydrogen) atoms. The van der Waals surface area contributed by atoms with Gasteiger partial charge in [0.15, 0.2) is 0 Å². The molecule has 0 nitrogen and oxygen atoms in total. The zero-order valence-electron chi connectivity index (χ0n) is 28.5. The second kappa shape index (κ2) is 11.4. The van der Waals surface area contributed by atoms with Gasteiger partial charge in [-0.05, 0) is 133 Å². The Kier molecular flexibility index (Phi) is 6.35. The average molecular weight is 657 g/mol. The van der Waals surface area contributed by atoms with E-state index < -0.39 is 0 Å². The number of fused-ring (bicyclic) bond motifs is 8. The maximum absolute atomic E-state index is 2.46. The third kappa shape index (κ3) is 4.41. The third-order valence-corrected chi connectivity index (χ3v) is 11.2. The number of benzene rings is 11. The van der Waals surface area contributed by atoms with Crippen molar-refractivity contribution in [1.82, 2.24) is 0 Å². The molecule has 0 heterocycles. The number of hydrogen-bond donors (Lipinski definition) is 0. The lowest BCUT2D eigenvalue weighted by Crippen LogP contribution is -1.93. The zero-order valence-corrected chi connectivity index (χ0v) is 28.5. The second-order valence-corrected chi connectivity index (χ2v) is 14.0. The van der Waals surface area contributed by atoms with Crippen molar-refractivity contribution in [2.24, 2.45) is 0 Å². The minimum atomic E-state index is 1.22. The predicted octanol–water partition coefficient (Wildman–Crippen LogP) is 14.8. The van der Waals surface area contributed by atoms with Gasteiger partial charge in [-0.15, -0.1) is 0 Å². The average Bonchev–Trinajstić information content (AvgIpc) is 3.21. The van der Waals surface area contributed by atoms with E-state index in [0.29, 0.717) is 0 Å². The summed E-state index contributed by atoms with van der Waals surface area (Å²) in [5, 5.41) is 17.7. The summed E-state index contributed by atoms with van der Waals surface area (Å²) in [6.07, 6.45) is 0. The molecule has 0 heteroatoms. The van der Waals surface area contributed by atoms with Crippen LogP contribution in [-0.4, -0.2) is 0 Å². The highest BCUT2D eigenvalue weighted by Crippen LogP contribution is 2.47. The van der Waals surface area contributed by atoms with Crippen LogP contribution in [0.4, 0.5) is 0 Å². The summed E-state index contributed by atoms with van der Waals surface area (Å²) in [7, 11) is 0. The van der Waals surface area contributed by atoms with Gasteiger partial charge in [0.2, 0.25) is 0 Å². The van der Waals surface area contributed by atoms with Crippen LogP contribution in [0.25, 0.3) is 109 Å². The van der Waals surface area contributed by atoms with Gasteiger partial charge in [-0.25, -0.2) is 0 Å². The number of hydrogen-bond acceptors (Lipinski definition) is 0. The molecular formula is C52H32. The molecule has 240 valence electrons. The Morgan fingerprint density at radius 3 is 1.56 bits per heavy atom. The molecule has 0 aliphatic rings. The Bertz CT molecular complexity index is 3230. The summed E-state index contributed by atoms with van der Waals surface area (Å²) < 4.78 is 0. The van der Waals surface area contributed by atoms with Crippen LogP contribution in [0.2, 0.25) is 0 Å². The molecule has 0 spiro atoms. The van der Waals surface area contributed by atoms with Crippen LogP contribution < -0.4 is 0 Å². The fourth-order valence-corrected chi connectivity index (χ4v) is 8.77. The minimum Gasteiger partial charge on any atom is -0.0616 e. The first kappa shape index (κ1) is 29.0. The van der Waals surface area contributed by atoms with E-state index in [0.717, 1.165) is 0 Å². The highest BCUT2D eigenvalue weighted by molar-refractivity contribution is 6.25. The van der Waals surface area contributed by atoms with E-state index in [1.807, 2.05) is 0 Å². The van der Waals surface area contributed by atoms with Gasteiger partial charge in [0.1, 0.15) is 0 Å². The lowest BCUT2D eigenvalue weighted by molar-refractivity contribution is 1.67. The maximum Gasteiger partial charge on any atom is -0.00201 e. The van der Waals surface area contributed by atoms with Crippen LogP contribution in [0.3, 0.4) is 0 Å². The van der Waals surface area contributed by atoms with Crippen molar-refractivity contribution < 1.29 is 0 Å². The Balaban J connectivity index is 1.25. The highest BCUT2D eigenvalue weighted by Gasteiger charge is 2.19. The molecule has 0 saturated carbocycles. The van der Waals surface area contributed by atoms with Crippen molar-refractivity contribution in [3.63, 3.8) is 0 Å². The van der Waals surface area contributed by atoms with E-state index in [4.69, 9.17) is 0 Å². The Hall–Kier alpha value is -6.76. The van der Waals surface area contributed by atoms with Crippen LogP contribution in [0.15, 0.2) is 194 Å². The van der Waals surface area contributed by atoms with Crippen molar-refractivity contribution in [3.05, 3.63) is 194 Å². The summed E-state index contributed by atoms with van der Waals surface area (Å²) >= 11 is 0. The van der Waals surface area contributed by atoms with Gasteiger partial charge in [-0.3, -0.25) is 0 Å². The van der Waals surface area contributed by atoms with Crippen molar-refractivity contribution >= 4 is 75.4 Å². The van der Waals surface area contributed by atoms with Gasteiger partial charge < -0.3 is 0 Å². The maximum atomic E-state index is 2.46. The van der Waals surface area contributed by atoms with Crippen LogP contribution >= 0.6 is 0 Å². The minimum absolute atomic E-state index is 1.22. The molecule has 0 unspecified atom stereocenters. The van der Waals surface area contributed by atoms with Crippen molar-refractivity contribution in [2.45, 2.75) is 0 Å². The van der Waals surface area contributed by atoms with Crippen LogP contribution in [0, 0.1) is 0 Å². The lowest BCUT2D eigenvalue weighted by Gasteiger charge is -2.20. The van der Waals surface area contributed by atoms with E-state index in [1.54, 1.807) is 0 Å². The Morgan fingerprint density at radius 2 is 0.731 bits per heavy atom. The SMILES string of the molecule is c1ccc2cc(-c3c4ccccc4c(-c4cccc5ccccc45)c4ccc(-c5cccc6c5ccc5cc7ccccc7cc56)cc34)ccc2c1. The van der Waals surface area contributed by atoms with E-state index in [9.17, 15) is 0 Å². The molecule has 0 fully saturated rings. The fourth-order valence-electron chi connectivity index (χ4n) is 8.77. The summed E-state index contributed by atoms with van der Waals surface area (Å²) in [5.74, 6) is 0. The number of rotatable bonds is 3. The molecule has 0 bridgehead atoms. The van der Waals surface area contributed by atoms with Crippen molar-refractivity contribution in [3.8, 4) is 33.4 Å². The van der Waals surface area contributed by atoms with Crippen LogP contribution in [0.1, 0.15) is 0 Å². The molecule has 0 radical (unpaired) electrons. The van der Waals surface area contributed by atoms with E-state index in [2.05, 4.69) is 194 Å².